The second-order valence-corrected chi connectivity index (χ2v) is 5.27. The van der Waals surface area contributed by atoms with Crippen LogP contribution in [0, 0.1) is 0 Å². The molecule has 0 aromatic heterocycles. The van der Waals surface area contributed by atoms with Crippen LogP contribution in [0.15, 0.2) is 42.5 Å². The summed E-state index contributed by atoms with van der Waals surface area (Å²) >= 11 is 0. The fraction of sp³-hybridized carbons (Fsp3) is 0.286. The summed E-state index contributed by atoms with van der Waals surface area (Å²) in [6.07, 6.45) is 3.15. The van der Waals surface area contributed by atoms with Gasteiger partial charge in [-0.3, -0.25) is 4.79 Å². The molecule has 0 spiro atoms. The Morgan fingerprint density at radius 2 is 1.31 bits per heavy atom. The average Bonchev–Trinajstić information content (AvgIpc) is 2.66. The highest BCUT2D eigenvalue weighted by atomic mass is 16.5. The van der Waals surface area contributed by atoms with Crippen LogP contribution in [0.1, 0.15) is 29.8 Å². The molecule has 0 N–H and O–H groups in total. The van der Waals surface area contributed by atoms with Crippen LogP contribution < -0.4 is 18.9 Å². The van der Waals surface area contributed by atoms with E-state index in [1.807, 2.05) is 32.0 Å². The smallest absolute Gasteiger partial charge is 0.193 e. The Hall–Kier alpha value is -2.95. The maximum atomic E-state index is 12.9. The van der Waals surface area contributed by atoms with Crippen LogP contribution in [0.2, 0.25) is 0 Å². The molecule has 2 aromatic rings. The first-order valence-corrected chi connectivity index (χ1v) is 8.48. The van der Waals surface area contributed by atoms with Gasteiger partial charge in [-0.25, -0.2) is 0 Å². The minimum atomic E-state index is -0.217. The molecule has 138 valence electrons. The predicted molar refractivity (Wildman–Crippen MR) is 102 cm³/mol. The number of allylic oxidation sites excluding steroid dienone is 1. The molecule has 0 aliphatic rings. The number of hydrogen-bond donors (Lipinski definition) is 0. The molecule has 5 nitrogen and oxygen atoms in total. The monoisotopic (exact) mass is 356 g/mol. The zero-order valence-corrected chi connectivity index (χ0v) is 15.6. The Morgan fingerprint density at radius 1 is 0.846 bits per heavy atom. The van der Waals surface area contributed by atoms with E-state index in [1.165, 1.54) is 6.08 Å². The van der Waals surface area contributed by atoms with Gasteiger partial charge in [0.1, 0.15) is 28.6 Å². The molecule has 0 atom stereocenters. The number of carbonyl (C=O) groups excluding carboxylic acids is 1. The minimum Gasteiger partial charge on any atom is -0.496 e. The summed E-state index contributed by atoms with van der Waals surface area (Å²) in [5.41, 5.74) is 1.10. The summed E-state index contributed by atoms with van der Waals surface area (Å²) in [6, 6.07) is 10.8. The van der Waals surface area contributed by atoms with Crippen molar-refractivity contribution in [2.75, 3.05) is 27.4 Å². The third-order valence-corrected chi connectivity index (χ3v) is 3.70. The molecule has 5 heteroatoms. The zero-order valence-electron chi connectivity index (χ0n) is 15.6. The van der Waals surface area contributed by atoms with E-state index in [-0.39, 0.29) is 5.78 Å². The highest BCUT2D eigenvalue weighted by molar-refractivity contribution is 6.10. The number of carbonyl (C=O) groups is 1. The van der Waals surface area contributed by atoms with Gasteiger partial charge in [0.05, 0.1) is 33.0 Å². The molecular formula is C21H24O5. The van der Waals surface area contributed by atoms with E-state index in [2.05, 4.69) is 0 Å². The topological polar surface area (TPSA) is 54.0 Å². The predicted octanol–water partition coefficient (Wildman–Crippen LogP) is 4.40. The standard InChI is InChI=1S/C21H24O5/c1-5-25-19-11-8-12-20(26-6-2)21(19)16(22)14-13-15-17(23-3)9-7-10-18(15)24-4/h7-14H,5-6H2,1-4H3/b14-13+. The van der Waals surface area contributed by atoms with Gasteiger partial charge in [-0.2, -0.15) is 0 Å². The molecule has 0 heterocycles. The zero-order chi connectivity index (χ0) is 18.9. The first-order valence-electron chi connectivity index (χ1n) is 8.48. The van der Waals surface area contributed by atoms with Gasteiger partial charge in [-0.15, -0.1) is 0 Å². The van der Waals surface area contributed by atoms with Gasteiger partial charge in [0.2, 0.25) is 0 Å². The van der Waals surface area contributed by atoms with Crippen molar-refractivity contribution in [3.8, 4) is 23.0 Å². The fourth-order valence-electron chi connectivity index (χ4n) is 2.59. The number of ketones is 1. The molecule has 26 heavy (non-hydrogen) atoms. The summed E-state index contributed by atoms with van der Waals surface area (Å²) in [5, 5.41) is 0. The molecule has 2 aromatic carbocycles. The first kappa shape index (κ1) is 19.4. The number of ether oxygens (including phenoxy) is 4. The van der Waals surface area contributed by atoms with E-state index in [1.54, 1.807) is 38.5 Å². The van der Waals surface area contributed by atoms with Crippen molar-refractivity contribution in [2.45, 2.75) is 13.8 Å². The molecule has 0 amide bonds. The molecule has 0 aliphatic heterocycles. The number of hydrogen-bond acceptors (Lipinski definition) is 5. The van der Waals surface area contributed by atoms with Crippen LogP contribution >= 0.6 is 0 Å². The summed E-state index contributed by atoms with van der Waals surface area (Å²) in [7, 11) is 3.15. The molecule has 0 saturated heterocycles. The molecular weight excluding hydrogens is 332 g/mol. The van der Waals surface area contributed by atoms with Crippen molar-refractivity contribution >= 4 is 11.9 Å². The Kier molecular flexibility index (Phi) is 7.09. The Balaban J connectivity index is 2.43. The normalized spacial score (nSPS) is 10.6. The van der Waals surface area contributed by atoms with Gasteiger partial charge in [0.15, 0.2) is 5.78 Å². The Bertz CT molecular complexity index is 733. The molecule has 0 aliphatic carbocycles. The van der Waals surface area contributed by atoms with Crippen LogP contribution in [-0.2, 0) is 0 Å². The molecule has 0 unspecified atom stereocenters. The maximum Gasteiger partial charge on any atom is 0.193 e. The lowest BCUT2D eigenvalue weighted by Gasteiger charge is -2.13. The third kappa shape index (κ3) is 4.36. The van der Waals surface area contributed by atoms with Crippen LogP contribution in [0.25, 0.3) is 6.08 Å². The maximum absolute atomic E-state index is 12.9. The van der Waals surface area contributed by atoms with Crippen LogP contribution in [0.4, 0.5) is 0 Å². The van der Waals surface area contributed by atoms with E-state index >= 15 is 0 Å². The van der Waals surface area contributed by atoms with Crippen molar-refractivity contribution in [2.24, 2.45) is 0 Å². The van der Waals surface area contributed by atoms with E-state index in [0.717, 1.165) is 0 Å². The molecule has 0 saturated carbocycles. The van der Waals surface area contributed by atoms with Crippen LogP contribution in [0.5, 0.6) is 23.0 Å². The van der Waals surface area contributed by atoms with Crippen molar-refractivity contribution < 1.29 is 23.7 Å². The first-order chi connectivity index (χ1) is 12.7. The summed E-state index contributed by atoms with van der Waals surface area (Å²) in [5.74, 6) is 2.03. The van der Waals surface area contributed by atoms with Crippen LogP contribution in [-0.4, -0.2) is 33.2 Å². The largest absolute Gasteiger partial charge is 0.496 e. The van der Waals surface area contributed by atoms with Gasteiger partial charge >= 0.3 is 0 Å². The van der Waals surface area contributed by atoms with Gasteiger partial charge in [-0.05, 0) is 50.3 Å². The number of methoxy groups -OCH3 is 2. The highest BCUT2D eigenvalue weighted by Gasteiger charge is 2.17. The van der Waals surface area contributed by atoms with Gasteiger partial charge in [0, 0.05) is 0 Å². The number of benzene rings is 2. The summed E-state index contributed by atoms with van der Waals surface area (Å²) in [6.45, 7) is 4.66. The Morgan fingerprint density at radius 3 is 1.73 bits per heavy atom. The van der Waals surface area contributed by atoms with E-state index in [0.29, 0.717) is 47.3 Å². The van der Waals surface area contributed by atoms with E-state index < -0.39 is 0 Å². The molecule has 2 rings (SSSR count). The van der Waals surface area contributed by atoms with Gasteiger partial charge in [0.25, 0.3) is 0 Å². The van der Waals surface area contributed by atoms with Crippen molar-refractivity contribution in [1.82, 2.24) is 0 Å². The van der Waals surface area contributed by atoms with Crippen LogP contribution in [0.3, 0.4) is 0 Å². The SMILES string of the molecule is CCOc1cccc(OCC)c1C(=O)/C=C/c1c(OC)cccc1OC. The minimum absolute atomic E-state index is 0.217. The summed E-state index contributed by atoms with van der Waals surface area (Å²) in [4.78, 5) is 12.9. The molecule has 0 radical (unpaired) electrons. The van der Waals surface area contributed by atoms with Gasteiger partial charge < -0.3 is 18.9 Å². The van der Waals surface area contributed by atoms with Gasteiger partial charge in [-0.1, -0.05) is 12.1 Å². The van der Waals surface area contributed by atoms with Crippen molar-refractivity contribution in [1.29, 1.82) is 0 Å². The second kappa shape index (κ2) is 9.51. The van der Waals surface area contributed by atoms with E-state index in [9.17, 15) is 4.79 Å². The lowest BCUT2D eigenvalue weighted by Crippen LogP contribution is -2.06. The lowest BCUT2D eigenvalue weighted by atomic mass is 10.1. The van der Waals surface area contributed by atoms with Crippen molar-refractivity contribution in [3.05, 3.63) is 53.6 Å². The third-order valence-electron chi connectivity index (χ3n) is 3.70. The fourth-order valence-corrected chi connectivity index (χ4v) is 2.59. The molecule has 0 bridgehead atoms. The highest BCUT2D eigenvalue weighted by Crippen LogP contribution is 2.32. The number of rotatable bonds is 9. The second-order valence-electron chi connectivity index (χ2n) is 5.27. The molecule has 0 fully saturated rings. The quantitative estimate of drug-likeness (QED) is 0.492. The Labute approximate surface area is 154 Å². The average molecular weight is 356 g/mol. The van der Waals surface area contributed by atoms with E-state index in [4.69, 9.17) is 18.9 Å². The van der Waals surface area contributed by atoms with Crippen molar-refractivity contribution in [3.63, 3.8) is 0 Å². The summed E-state index contributed by atoms with van der Waals surface area (Å²) < 4.78 is 21.9. The lowest BCUT2D eigenvalue weighted by molar-refractivity contribution is 0.104.